The Morgan fingerprint density at radius 1 is 1.07 bits per heavy atom. The van der Waals surface area contributed by atoms with E-state index in [1.165, 1.54) is 50.5 Å². The molecule has 30 heavy (non-hydrogen) atoms. The minimum absolute atomic E-state index is 0.113. The molecule has 0 heterocycles. The van der Waals surface area contributed by atoms with Crippen LogP contribution in [0.5, 0.6) is 0 Å². The van der Waals surface area contributed by atoms with Gasteiger partial charge in [0.15, 0.2) is 0 Å². The maximum atomic E-state index is 10.2. The first-order valence-corrected chi connectivity index (χ1v) is 12.9. The first-order valence-electron chi connectivity index (χ1n) is 12.9. The molecule has 0 aliphatic heterocycles. The summed E-state index contributed by atoms with van der Waals surface area (Å²) in [6.07, 6.45) is 18.5. The average Bonchev–Trinajstić information content (AvgIpc) is 3.06. The van der Waals surface area contributed by atoms with Gasteiger partial charge in [0.05, 0.1) is 6.10 Å². The lowest BCUT2D eigenvalue weighted by atomic mass is 9.50. The van der Waals surface area contributed by atoms with E-state index in [4.69, 9.17) is 0 Å². The molecule has 0 radical (unpaired) electrons. The van der Waals surface area contributed by atoms with Crippen LogP contribution in [-0.2, 0) is 0 Å². The maximum absolute atomic E-state index is 10.2. The van der Waals surface area contributed by atoms with Gasteiger partial charge in [-0.3, -0.25) is 0 Å². The molecule has 7 atom stereocenters. The van der Waals surface area contributed by atoms with Crippen LogP contribution in [0.3, 0.4) is 0 Å². The van der Waals surface area contributed by atoms with Gasteiger partial charge in [-0.15, -0.1) is 0 Å². The molecular weight excluding hydrogens is 364 g/mol. The van der Waals surface area contributed by atoms with Gasteiger partial charge in [-0.05, 0) is 105 Å². The molecule has 3 fully saturated rings. The number of aliphatic hydroxyl groups is 1. The van der Waals surface area contributed by atoms with E-state index in [2.05, 4.69) is 59.8 Å². The highest BCUT2D eigenvalue weighted by molar-refractivity contribution is 5.38. The summed E-state index contributed by atoms with van der Waals surface area (Å²) >= 11 is 0. The topological polar surface area (TPSA) is 20.2 Å². The molecule has 0 aromatic carbocycles. The quantitative estimate of drug-likeness (QED) is 0.457. The zero-order valence-electron chi connectivity index (χ0n) is 20.5. The van der Waals surface area contributed by atoms with E-state index in [0.29, 0.717) is 16.7 Å². The Hall–Kier alpha value is -0.820. The van der Waals surface area contributed by atoms with Gasteiger partial charge in [-0.25, -0.2) is 0 Å². The molecule has 1 N–H and O–H groups in total. The second kappa shape index (κ2) is 8.27. The Balaban J connectivity index is 1.52. The van der Waals surface area contributed by atoms with Crippen LogP contribution in [0.25, 0.3) is 0 Å². The molecule has 0 unspecified atom stereocenters. The van der Waals surface area contributed by atoms with Crippen molar-refractivity contribution >= 4 is 0 Å². The number of fused-ring (bicyclic) bond motifs is 5. The fourth-order valence-corrected chi connectivity index (χ4v) is 8.32. The third kappa shape index (κ3) is 3.58. The SMILES string of the molecule is C/C=C(/CC[C@@H](C)[C@H]1CC[C@H]2C3=CC=C4C[C@@H](O)CC[C@]4(C)[C@H]3CC[C@]12C)C(C)C. The van der Waals surface area contributed by atoms with Crippen molar-refractivity contribution in [2.75, 3.05) is 0 Å². The van der Waals surface area contributed by atoms with E-state index in [9.17, 15) is 5.11 Å². The van der Waals surface area contributed by atoms with E-state index >= 15 is 0 Å². The Morgan fingerprint density at radius 2 is 1.83 bits per heavy atom. The van der Waals surface area contributed by atoms with Crippen LogP contribution in [0, 0.1) is 40.4 Å². The van der Waals surface area contributed by atoms with Crippen LogP contribution in [0.1, 0.15) is 99.3 Å². The summed E-state index contributed by atoms with van der Waals surface area (Å²) in [5.74, 6) is 3.90. The van der Waals surface area contributed by atoms with Crippen LogP contribution in [0.4, 0.5) is 0 Å². The van der Waals surface area contributed by atoms with Crippen molar-refractivity contribution in [3.63, 3.8) is 0 Å². The molecule has 1 nitrogen and oxygen atoms in total. The Bertz CT molecular complexity index is 739. The number of hydrogen-bond acceptors (Lipinski definition) is 1. The summed E-state index contributed by atoms with van der Waals surface area (Å²) in [4.78, 5) is 0. The van der Waals surface area contributed by atoms with Crippen molar-refractivity contribution < 1.29 is 5.11 Å². The lowest BCUT2D eigenvalue weighted by Crippen LogP contribution is -2.46. The third-order valence-electron chi connectivity index (χ3n) is 10.3. The molecule has 4 rings (SSSR count). The Morgan fingerprint density at radius 3 is 2.53 bits per heavy atom. The van der Waals surface area contributed by atoms with Gasteiger partial charge in [0.2, 0.25) is 0 Å². The minimum atomic E-state index is -0.113. The summed E-state index contributed by atoms with van der Waals surface area (Å²) < 4.78 is 0. The van der Waals surface area contributed by atoms with Crippen LogP contribution in [0.2, 0.25) is 0 Å². The van der Waals surface area contributed by atoms with Crippen molar-refractivity contribution in [3.05, 3.63) is 34.9 Å². The molecule has 0 amide bonds. The maximum Gasteiger partial charge on any atom is 0.0578 e. The van der Waals surface area contributed by atoms with Gasteiger partial charge in [-0.2, -0.15) is 0 Å². The van der Waals surface area contributed by atoms with Crippen molar-refractivity contribution in [3.8, 4) is 0 Å². The standard InChI is InChI=1S/C29H46O/c1-7-21(19(2)3)9-8-20(4)25-12-13-26-24-11-10-22-18-23(30)14-16-28(22,5)27(24)15-17-29(25,26)6/h7,10-11,19-20,23,25-27,30H,8-9,12-18H2,1-6H3/b21-7-/t20-,23+,25-,26+,27+,28+,29-/m1/s1. The van der Waals surface area contributed by atoms with E-state index in [-0.39, 0.29) is 6.10 Å². The second-order valence-corrected chi connectivity index (χ2v) is 12.0. The largest absolute Gasteiger partial charge is 0.393 e. The molecule has 1 heteroatoms. The molecule has 168 valence electrons. The highest BCUT2D eigenvalue weighted by Crippen LogP contribution is 2.66. The highest BCUT2D eigenvalue weighted by Gasteiger charge is 2.56. The molecule has 0 spiro atoms. The van der Waals surface area contributed by atoms with Crippen LogP contribution >= 0.6 is 0 Å². The van der Waals surface area contributed by atoms with Crippen LogP contribution < -0.4 is 0 Å². The van der Waals surface area contributed by atoms with Gasteiger partial charge in [0.1, 0.15) is 0 Å². The lowest BCUT2D eigenvalue weighted by Gasteiger charge is -2.55. The van der Waals surface area contributed by atoms with Crippen LogP contribution in [-0.4, -0.2) is 11.2 Å². The van der Waals surface area contributed by atoms with Crippen molar-refractivity contribution in [2.45, 2.75) is 105 Å². The third-order valence-corrected chi connectivity index (χ3v) is 10.3. The second-order valence-electron chi connectivity index (χ2n) is 12.0. The smallest absolute Gasteiger partial charge is 0.0578 e. The van der Waals surface area contributed by atoms with E-state index in [0.717, 1.165) is 36.5 Å². The van der Waals surface area contributed by atoms with E-state index < -0.39 is 0 Å². The number of allylic oxidation sites excluding steroid dienone is 5. The van der Waals surface area contributed by atoms with Crippen LogP contribution in [0.15, 0.2) is 34.9 Å². The molecular formula is C29H46O. The number of hydrogen-bond donors (Lipinski definition) is 1. The summed E-state index contributed by atoms with van der Waals surface area (Å²) in [5.41, 5.74) is 5.77. The molecule has 0 aromatic heterocycles. The predicted molar refractivity (Wildman–Crippen MR) is 128 cm³/mol. The summed E-state index contributed by atoms with van der Waals surface area (Å²) in [6.45, 7) is 14.6. The summed E-state index contributed by atoms with van der Waals surface area (Å²) in [5, 5.41) is 10.2. The summed E-state index contributed by atoms with van der Waals surface area (Å²) in [7, 11) is 0. The van der Waals surface area contributed by atoms with Crippen molar-refractivity contribution in [1.29, 1.82) is 0 Å². The first kappa shape index (κ1) is 22.4. The zero-order valence-corrected chi connectivity index (χ0v) is 20.5. The average molecular weight is 411 g/mol. The predicted octanol–water partition coefficient (Wildman–Crippen LogP) is 7.87. The first-order chi connectivity index (χ1) is 14.2. The monoisotopic (exact) mass is 410 g/mol. The zero-order chi connectivity index (χ0) is 21.7. The van der Waals surface area contributed by atoms with Gasteiger partial charge in [0, 0.05) is 0 Å². The molecule has 3 saturated carbocycles. The molecule has 0 saturated heterocycles. The fraction of sp³-hybridized carbons (Fsp3) is 0.793. The van der Waals surface area contributed by atoms with E-state index in [1.807, 2.05) is 0 Å². The number of rotatable bonds is 5. The molecule has 0 bridgehead atoms. The number of aliphatic hydroxyl groups excluding tert-OH is 1. The lowest BCUT2D eigenvalue weighted by molar-refractivity contribution is 0.0326. The normalized spacial score (nSPS) is 42.2. The van der Waals surface area contributed by atoms with Gasteiger partial charge in [-0.1, -0.05) is 69.6 Å². The molecule has 0 aromatic rings. The fourth-order valence-electron chi connectivity index (χ4n) is 8.32. The van der Waals surface area contributed by atoms with E-state index in [1.54, 1.807) is 11.1 Å². The Kier molecular flexibility index (Phi) is 6.17. The molecule has 4 aliphatic carbocycles. The van der Waals surface area contributed by atoms with Gasteiger partial charge in [0.25, 0.3) is 0 Å². The van der Waals surface area contributed by atoms with Gasteiger partial charge >= 0.3 is 0 Å². The Labute approximate surface area is 186 Å². The highest BCUT2D eigenvalue weighted by atomic mass is 16.3. The van der Waals surface area contributed by atoms with Crippen molar-refractivity contribution in [1.82, 2.24) is 0 Å². The summed E-state index contributed by atoms with van der Waals surface area (Å²) in [6, 6.07) is 0. The molecule has 4 aliphatic rings. The minimum Gasteiger partial charge on any atom is -0.393 e. The van der Waals surface area contributed by atoms with Gasteiger partial charge < -0.3 is 5.11 Å². The van der Waals surface area contributed by atoms with Crippen molar-refractivity contribution in [2.24, 2.45) is 40.4 Å².